The maximum absolute atomic E-state index is 12.9. The molecule has 2 aliphatic rings. The minimum atomic E-state index is -0.265. The van der Waals surface area contributed by atoms with Gasteiger partial charge in [-0.1, -0.05) is 53.5 Å². The second kappa shape index (κ2) is 13.7. The second-order valence-electron chi connectivity index (χ2n) is 12.5. The van der Waals surface area contributed by atoms with Crippen molar-refractivity contribution in [2.45, 2.75) is 37.8 Å². The summed E-state index contributed by atoms with van der Waals surface area (Å²) in [5, 5.41) is 15.3. The highest BCUT2D eigenvalue weighted by atomic mass is 35.5. The third kappa shape index (κ3) is 6.29. The summed E-state index contributed by atoms with van der Waals surface area (Å²) in [6, 6.07) is 15.5. The number of methoxy groups -OCH3 is 1. The van der Waals surface area contributed by atoms with Crippen LogP contribution in [-0.2, 0) is 13.5 Å². The second-order valence-corrected chi connectivity index (χ2v) is 13.2. The van der Waals surface area contributed by atoms with Gasteiger partial charge < -0.3 is 20.7 Å². The van der Waals surface area contributed by atoms with E-state index in [-0.39, 0.29) is 23.7 Å². The highest BCUT2D eigenvalue weighted by Crippen LogP contribution is 2.45. The van der Waals surface area contributed by atoms with Crippen LogP contribution in [0.25, 0.3) is 33.2 Å². The summed E-state index contributed by atoms with van der Waals surface area (Å²) in [5.41, 5.74) is 5.54. The molecule has 0 spiro atoms. The van der Waals surface area contributed by atoms with E-state index in [1.807, 2.05) is 36.4 Å². The average molecular weight is 700 g/mol. The van der Waals surface area contributed by atoms with Crippen molar-refractivity contribution >= 4 is 51.5 Å². The Hall–Kier alpha value is -4.71. The first-order valence-corrected chi connectivity index (χ1v) is 17.0. The van der Waals surface area contributed by atoms with Gasteiger partial charge in [-0.15, -0.1) is 0 Å². The maximum atomic E-state index is 12.9. The number of hydrogen-bond donors (Lipinski definition) is 3. The molecule has 11 nitrogen and oxygen atoms in total. The lowest BCUT2D eigenvalue weighted by molar-refractivity contribution is 0.208. The van der Waals surface area contributed by atoms with Gasteiger partial charge in [0.2, 0.25) is 5.88 Å². The van der Waals surface area contributed by atoms with E-state index >= 15 is 0 Å². The maximum Gasteiger partial charge on any atom is 0.315 e. The van der Waals surface area contributed by atoms with Gasteiger partial charge in [0.15, 0.2) is 0 Å². The van der Waals surface area contributed by atoms with Crippen LogP contribution in [-0.4, -0.2) is 64.0 Å². The van der Waals surface area contributed by atoms with Gasteiger partial charge in [0.1, 0.15) is 5.82 Å². The van der Waals surface area contributed by atoms with Crippen LogP contribution >= 0.6 is 23.2 Å². The molecule has 1 fully saturated rings. The molecule has 3 aromatic heterocycles. The van der Waals surface area contributed by atoms with E-state index in [9.17, 15) is 9.59 Å². The number of amides is 2. The van der Waals surface area contributed by atoms with Crippen molar-refractivity contribution in [3.63, 3.8) is 0 Å². The number of aryl methyl sites for hydroxylation is 2. The SMILES string of the molecule is COc1nc(-c2cccc(-c3cccc(Nc4nccc5cnn(C)c(=O)c45)c3Cl)c2Cl)cc2c1C(N(C)CCC1CCNC(=O)N1)CC2. The Morgan fingerprint density at radius 1 is 1.06 bits per heavy atom. The fourth-order valence-electron chi connectivity index (χ4n) is 6.89. The van der Waals surface area contributed by atoms with Gasteiger partial charge in [0.05, 0.1) is 40.1 Å². The Balaban J connectivity index is 1.18. The standard InChI is InChI=1S/C36H36Cl2N8O3/c1-45(17-14-22-13-16-40-36(48)42-22)28-11-10-20-18-27(44-34(49-3)29(20)28)25-8-4-6-23(31(25)37)24-7-5-9-26(32(24)38)43-33-30-21(12-15-39-33)19-41-46(2)35(30)47/h4-9,12,15,18-19,22,28H,10-11,13-14,16-17H2,1-3H3,(H,39,43)(H2,40,42,48). The number of pyridine rings is 2. The van der Waals surface area contributed by atoms with Gasteiger partial charge in [0.25, 0.3) is 5.56 Å². The zero-order valence-electron chi connectivity index (χ0n) is 27.4. The van der Waals surface area contributed by atoms with E-state index in [0.717, 1.165) is 54.6 Å². The molecule has 4 heterocycles. The van der Waals surface area contributed by atoms with Crippen LogP contribution in [0.3, 0.4) is 0 Å². The Morgan fingerprint density at radius 2 is 1.84 bits per heavy atom. The van der Waals surface area contributed by atoms with E-state index in [4.69, 9.17) is 32.9 Å². The molecule has 0 bridgehead atoms. The van der Waals surface area contributed by atoms with E-state index in [1.54, 1.807) is 32.6 Å². The summed E-state index contributed by atoms with van der Waals surface area (Å²) in [6.45, 7) is 1.54. The van der Waals surface area contributed by atoms with Crippen LogP contribution in [0.5, 0.6) is 5.88 Å². The number of urea groups is 1. The van der Waals surface area contributed by atoms with Crippen molar-refractivity contribution in [1.82, 2.24) is 35.3 Å². The predicted octanol–water partition coefficient (Wildman–Crippen LogP) is 6.50. The fourth-order valence-corrected chi connectivity index (χ4v) is 7.49. The largest absolute Gasteiger partial charge is 0.481 e. The molecule has 252 valence electrons. The third-order valence-electron chi connectivity index (χ3n) is 9.48. The molecule has 0 radical (unpaired) electrons. The van der Waals surface area contributed by atoms with Crippen LogP contribution in [0.2, 0.25) is 10.0 Å². The van der Waals surface area contributed by atoms with Gasteiger partial charge in [-0.3, -0.25) is 9.69 Å². The molecule has 1 saturated heterocycles. The zero-order chi connectivity index (χ0) is 34.2. The van der Waals surface area contributed by atoms with Crippen molar-refractivity contribution in [3.05, 3.63) is 92.5 Å². The van der Waals surface area contributed by atoms with Crippen molar-refractivity contribution in [2.75, 3.05) is 32.6 Å². The first kappa shape index (κ1) is 32.8. The summed E-state index contributed by atoms with van der Waals surface area (Å²) in [4.78, 5) is 36.4. The molecule has 7 rings (SSSR count). The lowest BCUT2D eigenvalue weighted by Crippen LogP contribution is -2.50. The van der Waals surface area contributed by atoms with E-state index in [1.165, 1.54) is 10.2 Å². The van der Waals surface area contributed by atoms with Crippen molar-refractivity contribution in [2.24, 2.45) is 7.05 Å². The topological polar surface area (TPSA) is 126 Å². The monoisotopic (exact) mass is 698 g/mol. The number of ether oxygens (including phenoxy) is 1. The highest BCUT2D eigenvalue weighted by Gasteiger charge is 2.32. The minimum Gasteiger partial charge on any atom is -0.481 e. The van der Waals surface area contributed by atoms with Crippen LogP contribution in [0, 0.1) is 0 Å². The third-order valence-corrected chi connectivity index (χ3v) is 10.3. The Bertz CT molecular complexity index is 2140. The number of aromatic nitrogens is 4. The van der Waals surface area contributed by atoms with Crippen molar-refractivity contribution in [1.29, 1.82) is 0 Å². The quantitative estimate of drug-likeness (QED) is 0.159. The summed E-state index contributed by atoms with van der Waals surface area (Å²) >= 11 is 14.2. The number of carbonyl (C=O) groups is 1. The van der Waals surface area contributed by atoms with Gasteiger partial charge in [-0.05, 0) is 56.5 Å². The number of nitrogens with zero attached hydrogens (tertiary/aromatic N) is 5. The molecular weight excluding hydrogens is 663 g/mol. The zero-order valence-corrected chi connectivity index (χ0v) is 28.9. The highest BCUT2D eigenvalue weighted by molar-refractivity contribution is 6.39. The van der Waals surface area contributed by atoms with Crippen LogP contribution in [0.1, 0.15) is 36.4 Å². The lowest BCUT2D eigenvalue weighted by atomic mass is 9.99. The molecule has 0 saturated carbocycles. The molecule has 5 aromatic rings. The van der Waals surface area contributed by atoms with E-state index in [0.29, 0.717) is 50.3 Å². The number of hydrogen-bond acceptors (Lipinski definition) is 8. The number of benzene rings is 2. The summed E-state index contributed by atoms with van der Waals surface area (Å²) in [5.74, 6) is 0.975. The van der Waals surface area contributed by atoms with Gasteiger partial charge >= 0.3 is 6.03 Å². The molecule has 2 atom stereocenters. The Kier molecular flexibility index (Phi) is 9.15. The van der Waals surface area contributed by atoms with Gasteiger partial charge in [-0.25, -0.2) is 19.4 Å². The Morgan fingerprint density at radius 3 is 2.63 bits per heavy atom. The number of carbonyl (C=O) groups excluding carboxylic acids is 1. The average Bonchev–Trinajstić information content (AvgIpc) is 3.54. The molecule has 3 N–H and O–H groups in total. The number of rotatable bonds is 9. The Labute approximate surface area is 293 Å². The number of nitrogens with one attached hydrogen (secondary N) is 3. The number of fused-ring (bicyclic) bond motifs is 2. The van der Waals surface area contributed by atoms with Crippen molar-refractivity contribution < 1.29 is 9.53 Å². The lowest BCUT2D eigenvalue weighted by Gasteiger charge is -2.30. The number of halogens is 2. The molecule has 2 amide bonds. The van der Waals surface area contributed by atoms with Crippen molar-refractivity contribution in [3.8, 4) is 28.3 Å². The first-order chi connectivity index (χ1) is 23.7. The summed E-state index contributed by atoms with van der Waals surface area (Å²) in [7, 11) is 5.37. The summed E-state index contributed by atoms with van der Waals surface area (Å²) < 4.78 is 7.17. The summed E-state index contributed by atoms with van der Waals surface area (Å²) in [6.07, 6.45) is 6.88. The van der Waals surface area contributed by atoms with Gasteiger partial charge in [0, 0.05) is 66.1 Å². The fraction of sp³-hybridized carbons (Fsp3) is 0.306. The normalized spacial score (nSPS) is 17.1. The number of anilines is 2. The smallest absolute Gasteiger partial charge is 0.315 e. The van der Waals surface area contributed by atoms with E-state index < -0.39 is 0 Å². The molecule has 49 heavy (non-hydrogen) atoms. The van der Waals surface area contributed by atoms with Crippen LogP contribution < -0.4 is 26.2 Å². The van der Waals surface area contributed by atoms with Crippen LogP contribution in [0.4, 0.5) is 16.3 Å². The molecule has 1 aliphatic carbocycles. The predicted molar refractivity (Wildman–Crippen MR) is 193 cm³/mol. The molecule has 13 heteroatoms. The molecule has 1 aliphatic heterocycles. The van der Waals surface area contributed by atoms with E-state index in [2.05, 4.69) is 44.0 Å². The molecule has 2 aromatic carbocycles. The minimum absolute atomic E-state index is 0.0951. The van der Waals surface area contributed by atoms with Crippen LogP contribution in [0.15, 0.2) is 65.7 Å². The first-order valence-electron chi connectivity index (χ1n) is 16.2. The molecular formula is C36H36Cl2N8O3. The molecule has 2 unspecified atom stereocenters. The van der Waals surface area contributed by atoms with Gasteiger partial charge in [-0.2, -0.15) is 5.10 Å².